The minimum atomic E-state index is -4.89. The van der Waals surface area contributed by atoms with Crippen molar-refractivity contribution in [2.75, 3.05) is 10.8 Å². The molecule has 0 saturated carbocycles. The first-order valence-corrected chi connectivity index (χ1v) is 15.0. The Bertz CT molecular complexity index is 1550. The molecule has 0 heterocycles. The van der Waals surface area contributed by atoms with Crippen LogP contribution in [0.15, 0.2) is 71.6 Å². The summed E-state index contributed by atoms with van der Waals surface area (Å²) in [5, 5.41) is 2.47. The van der Waals surface area contributed by atoms with Crippen LogP contribution in [0.3, 0.4) is 0 Å². The van der Waals surface area contributed by atoms with Crippen LogP contribution in [-0.4, -0.2) is 43.8 Å². The number of nitrogens with one attached hydrogen (secondary N) is 1. The largest absolute Gasteiger partial charge is 0.417 e. The van der Waals surface area contributed by atoms with Crippen molar-refractivity contribution >= 4 is 50.7 Å². The number of nitrogens with zero attached hydrogens (tertiary/aromatic N) is 2. The van der Waals surface area contributed by atoms with Crippen molar-refractivity contribution in [1.82, 2.24) is 10.2 Å². The fraction of sp³-hybridized carbons (Fsp3) is 0.310. The van der Waals surface area contributed by atoms with Gasteiger partial charge in [0.1, 0.15) is 12.6 Å². The topological polar surface area (TPSA) is 86.8 Å². The molecule has 42 heavy (non-hydrogen) atoms. The Kier molecular flexibility index (Phi) is 10.6. The summed E-state index contributed by atoms with van der Waals surface area (Å²) in [6, 6.07) is 13.5. The van der Waals surface area contributed by atoms with Crippen molar-refractivity contribution in [3.05, 3.63) is 93.5 Å². The number of sulfonamides is 1. The zero-order valence-corrected chi connectivity index (χ0v) is 25.6. The first-order chi connectivity index (χ1) is 19.5. The molecule has 0 spiro atoms. The molecule has 0 saturated heterocycles. The Morgan fingerprint density at radius 3 is 2.17 bits per heavy atom. The number of benzene rings is 3. The Balaban J connectivity index is 2.13. The highest BCUT2D eigenvalue weighted by molar-refractivity contribution is 7.92. The zero-order valence-electron chi connectivity index (χ0n) is 23.2. The predicted octanol–water partition coefficient (Wildman–Crippen LogP) is 6.46. The van der Waals surface area contributed by atoms with E-state index in [0.29, 0.717) is 21.0 Å². The number of aryl methyl sites for hydroxylation is 1. The summed E-state index contributed by atoms with van der Waals surface area (Å²) in [7, 11) is -4.57. The van der Waals surface area contributed by atoms with Crippen LogP contribution >= 0.6 is 23.2 Å². The minimum absolute atomic E-state index is 0.126. The summed E-state index contributed by atoms with van der Waals surface area (Å²) >= 11 is 11.9. The fourth-order valence-corrected chi connectivity index (χ4v) is 5.92. The van der Waals surface area contributed by atoms with E-state index in [9.17, 15) is 31.2 Å². The maximum atomic E-state index is 13.9. The van der Waals surface area contributed by atoms with E-state index in [1.165, 1.54) is 31.2 Å². The monoisotopic (exact) mass is 643 g/mol. The molecule has 1 N–H and O–H groups in total. The number of amides is 2. The molecule has 0 radical (unpaired) electrons. The van der Waals surface area contributed by atoms with Crippen molar-refractivity contribution in [2.24, 2.45) is 0 Å². The van der Waals surface area contributed by atoms with Crippen molar-refractivity contribution in [2.45, 2.75) is 57.4 Å². The van der Waals surface area contributed by atoms with E-state index < -0.39 is 56.9 Å². The predicted molar refractivity (Wildman–Crippen MR) is 157 cm³/mol. The summed E-state index contributed by atoms with van der Waals surface area (Å²) in [4.78, 5) is 27.8. The first kappa shape index (κ1) is 33.2. The van der Waals surface area contributed by atoms with Gasteiger partial charge in [-0.2, -0.15) is 13.2 Å². The molecule has 3 aromatic carbocycles. The summed E-state index contributed by atoms with van der Waals surface area (Å²) in [6.07, 6.45) is -4.89. The molecule has 226 valence electrons. The molecule has 0 aliphatic rings. The average molecular weight is 645 g/mol. The SMILES string of the molecule is Cc1ccc(S(=O)(=O)N(CC(=O)N(Cc2cccc(Cl)c2)[C@@H](C)C(=O)NC(C)C)c2ccc(Cl)c(C(F)(F)F)c2)cc1. The Morgan fingerprint density at radius 1 is 0.952 bits per heavy atom. The Labute approximate surface area is 253 Å². The third-order valence-corrected chi connectivity index (χ3v) is 8.62. The molecule has 0 fully saturated rings. The van der Waals surface area contributed by atoms with Gasteiger partial charge in [0, 0.05) is 17.6 Å². The lowest BCUT2D eigenvalue weighted by molar-refractivity contribution is -0.139. The molecule has 0 aromatic heterocycles. The van der Waals surface area contributed by atoms with Crippen LogP contribution in [0.25, 0.3) is 0 Å². The molecule has 0 unspecified atom stereocenters. The van der Waals surface area contributed by atoms with Gasteiger partial charge < -0.3 is 10.2 Å². The van der Waals surface area contributed by atoms with Gasteiger partial charge in [0.2, 0.25) is 11.8 Å². The van der Waals surface area contributed by atoms with E-state index >= 15 is 0 Å². The molecule has 3 rings (SSSR count). The minimum Gasteiger partial charge on any atom is -0.352 e. The number of halogens is 5. The van der Waals surface area contributed by atoms with Gasteiger partial charge in [-0.15, -0.1) is 0 Å². The van der Waals surface area contributed by atoms with Gasteiger partial charge in [0.05, 0.1) is 21.2 Å². The second-order valence-electron chi connectivity index (χ2n) is 9.98. The molecule has 0 aliphatic heterocycles. The molecular weight excluding hydrogens is 614 g/mol. The van der Waals surface area contributed by atoms with E-state index in [1.54, 1.807) is 45.0 Å². The normalized spacial score (nSPS) is 12.6. The maximum absolute atomic E-state index is 13.9. The molecule has 2 amide bonds. The first-order valence-electron chi connectivity index (χ1n) is 12.8. The fourth-order valence-electron chi connectivity index (χ4n) is 4.07. The highest BCUT2D eigenvalue weighted by Crippen LogP contribution is 2.38. The second kappa shape index (κ2) is 13.4. The van der Waals surface area contributed by atoms with E-state index in [0.717, 1.165) is 22.6 Å². The van der Waals surface area contributed by atoms with E-state index in [4.69, 9.17) is 23.2 Å². The van der Waals surface area contributed by atoms with Crippen LogP contribution in [-0.2, 0) is 32.3 Å². The number of rotatable bonds is 10. The quantitative estimate of drug-likeness (QED) is 0.275. The van der Waals surface area contributed by atoms with Crippen LogP contribution in [0.2, 0.25) is 10.0 Å². The zero-order chi connectivity index (χ0) is 31.4. The van der Waals surface area contributed by atoms with Crippen LogP contribution in [0.4, 0.5) is 18.9 Å². The number of hydrogen-bond donors (Lipinski definition) is 1. The molecular formula is C29H30Cl2F3N3O4S. The van der Waals surface area contributed by atoms with Gasteiger partial charge in [-0.05, 0) is 75.7 Å². The van der Waals surface area contributed by atoms with Crippen molar-refractivity contribution < 1.29 is 31.2 Å². The lowest BCUT2D eigenvalue weighted by atomic mass is 10.1. The highest BCUT2D eigenvalue weighted by atomic mass is 35.5. The lowest BCUT2D eigenvalue weighted by Gasteiger charge is -2.32. The van der Waals surface area contributed by atoms with Crippen LogP contribution in [0.5, 0.6) is 0 Å². The average Bonchev–Trinajstić information content (AvgIpc) is 2.89. The summed E-state index contributed by atoms with van der Waals surface area (Å²) in [6.45, 7) is 5.66. The molecule has 13 heteroatoms. The second-order valence-corrected chi connectivity index (χ2v) is 12.7. The smallest absolute Gasteiger partial charge is 0.352 e. The van der Waals surface area contributed by atoms with Crippen LogP contribution in [0.1, 0.15) is 37.5 Å². The van der Waals surface area contributed by atoms with Crippen molar-refractivity contribution in [3.8, 4) is 0 Å². The Hall–Kier alpha value is -3.28. The van der Waals surface area contributed by atoms with Gasteiger partial charge in [0.15, 0.2) is 0 Å². The molecule has 0 aliphatic carbocycles. The maximum Gasteiger partial charge on any atom is 0.417 e. The van der Waals surface area contributed by atoms with Gasteiger partial charge in [-0.1, -0.05) is 53.0 Å². The molecule has 3 aromatic rings. The van der Waals surface area contributed by atoms with Gasteiger partial charge in [-0.3, -0.25) is 13.9 Å². The van der Waals surface area contributed by atoms with E-state index in [2.05, 4.69) is 5.32 Å². The van der Waals surface area contributed by atoms with Crippen LogP contribution in [0, 0.1) is 6.92 Å². The number of carbonyl (C=O) groups excluding carboxylic acids is 2. The van der Waals surface area contributed by atoms with Gasteiger partial charge in [-0.25, -0.2) is 8.42 Å². The number of hydrogen-bond acceptors (Lipinski definition) is 4. The van der Waals surface area contributed by atoms with E-state index in [1.807, 2.05) is 0 Å². The third kappa shape index (κ3) is 8.17. The molecule has 1 atom stereocenters. The Morgan fingerprint density at radius 2 is 1.60 bits per heavy atom. The molecule has 7 nitrogen and oxygen atoms in total. The summed E-state index contributed by atoms with van der Waals surface area (Å²) in [5.74, 6) is -1.33. The summed E-state index contributed by atoms with van der Waals surface area (Å²) in [5.41, 5.74) is -0.389. The van der Waals surface area contributed by atoms with E-state index in [-0.39, 0.29) is 17.5 Å². The van der Waals surface area contributed by atoms with Crippen molar-refractivity contribution in [1.29, 1.82) is 0 Å². The number of carbonyl (C=O) groups is 2. The lowest BCUT2D eigenvalue weighted by Crippen LogP contribution is -2.52. The summed E-state index contributed by atoms with van der Waals surface area (Å²) < 4.78 is 69.5. The third-order valence-electron chi connectivity index (χ3n) is 6.27. The van der Waals surface area contributed by atoms with Gasteiger partial charge >= 0.3 is 6.18 Å². The number of alkyl halides is 3. The number of anilines is 1. The highest BCUT2D eigenvalue weighted by Gasteiger charge is 2.37. The standard InChI is InChI=1S/C29H30Cl2F3N3O4S/c1-18(2)35-28(39)20(4)36(16-21-6-5-7-22(30)14-21)27(38)17-37(42(40,41)24-11-8-19(3)9-12-24)23-10-13-26(31)25(15-23)29(32,33)34/h5-15,18,20H,16-17H2,1-4H3,(H,35,39)/t20-/m0/s1. The van der Waals surface area contributed by atoms with Crippen LogP contribution < -0.4 is 9.62 Å². The van der Waals surface area contributed by atoms with Crippen molar-refractivity contribution in [3.63, 3.8) is 0 Å². The van der Waals surface area contributed by atoms with Gasteiger partial charge in [0.25, 0.3) is 10.0 Å². The molecule has 0 bridgehead atoms.